The summed E-state index contributed by atoms with van der Waals surface area (Å²) in [5, 5.41) is 7.13. The van der Waals surface area contributed by atoms with Gasteiger partial charge in [0.05, 0.1) is 11.3 Å². The molecule has 2 aromatic carbocycles. The lowest BCUT2D eigenvalue weighted by molar-refractivity contribution is -0.275. The Morgan fingerprint density at radius 3 is 2.37 bits per heavy atom. The molecular weight excluding hydrogens is 372 g/mol. The van der Waals surface area contributed by atoms with Gasteiger partial charge in [0.1, 0.15) is 12.4 Å². The van der Waals surface area contributed by atoms with Gasteiger partial charge in [-0.1, -0.05) is 18.2 Å². The van der Waals surface area contributed by atoms with Gasteiger partial charge < -0.3 is 9.47 Å². The maximum atomic E-state index is 13.7. The molecule has 0 aliphatic rings. The Labute approximate surface area is 149 Å². The highest BCUT2D eigenvalue weighted by atomic mass is 19.4. The van der Waals surface area contributed by atoms with E-state index in [9.17, 15) is 22.4 Å². The molecule has 27 heavy (non-hydrogen) atoms. The molecular formula is C16H12F4N4O3. The van der Waals surface area contributed by atoms with Gasteiger partial charge in [-0.15, -0.1) is 13.2 Å². The van der Waals surface area contributed by atoms with Crippen LogP contribution >= 0.6 is 0 Å². The molecule has 0 aliphatic carbocycles. The number of para-hydroxylation sites is 1. The maximum Gasteiger partial charge on any atom is 0.573 e. The summed E-state index contributed by atoms with van der Waals surface area (Å²) < 4.78 is 63.0. The van der Waals surface area contributed by atoms with Crippen LogP contribution in [0.15, 0.2) is 47.3 Å². The Morgan fingerprint density at radius 2 is 1.74 bits per heavy atom. The number of aryl methyl sites for hydroxylation is 1. The molecule has 11 heteroatoms. The first-order valence-electron chi connectivity index (χ1n) is 7.50. The monoisotopic (exact) mass is 384 g/mol. The number of nitrogens with zero attached hydrogens (tertiary/aromatic N) is 4. The molecule has 1 aromatic heterocycles. The van der Waals surface area contributed by atoms with Crippen molar-refractivity contribution in [1.29, 1.82) is 0 Å². The zero-order chi connectivity index (χ0) is 19.6. The van der Waals surface area contributed by atoms with Crippen molar-refractivity contribution in [1.82, 2.24) is 19.8 Å². The fraction of sp³-hybridized carbons (Fsp3) is 0.188. The van der Waals surface area contributed by atoms with Crippen LogP contribution in [0.5, 0.6) is 11.5 Å². The number of benzene rings is 2. The molecule has 3 rings (SSSR count). The highest BCUT2D eigenvalue weighted by Crippen LogP contribution is 2.31. The second kappa shape index (κ2) is 7.09. The maximum absolute atomic E-state index is 13.7. The van der Waals surface area contributed by atoms with Gasteiger partial charge >= 0.3 is 12.1 Å². The van der Waals surface area contributed by atoms with Crippen LogP contribution in [0.25, 0.3) is 5.69 Å². The molecule has 142 valence electrons. The van der Waals surface area contributed by atoms with E-state index in [1.807, 2.05) is 0 Å². The summed E-state index contributed by atoms with van der Waals surface area (Å²) in [7, 11) is 1.33. The molecule has 0 amide bonds. The van der Waals surface area contributed by atoms with Gasteiger partial charge in [0, 0.05) is 7.05 Å². The normalized spacial score (nSPS) is 11.4. The molecule has 0 radical (unpaired) electrons. The number of ether oxygens (including phenoxy) is 2. The molecule has 0 aliphatic heterocycles. The quantitative estimate of drug-likeness (QED) is 0.633. The Bertz CT molecular complexity index is 1010. The van der Waals surface area contributed by atoms with E-state index in [-0.39, 0.29) is 17.0 Å². The van der Waals surface area contributed by atoms with Gasteiger partial charge in [0.2, 0.25) is 0 Å². The van der Waals surface area contributed by atoms with Crippen LogP contribution in [0.2, 0.25) is 0 Å². The van der Waals surface area contributed by atoms with Crippen LogP contribution in [-0.2, 0) is 13.7 Å². The number of rotatable bonds is 5. The Hall–Kier alpha value is -3.37. The summed E-state index contributed by atoms with van der Waals surface area (Å²) >= 11 is 0. The van der Waals surface area contributed by atoms with E-state index in [1.54, 1.807) is 0 Å². The lowest BCUT2D eigenvalue weighted by Crippen LogP contribution is -2.24. The van der Waals surface area contributed by atoms with Crippen molar-refractivity contribution in [2.45, 2.75) is 13.0 Å². The lowest BCUT2D eigenvalue weighted by atomic mass is 10.1. The first kappa shape index (κ1) is 18.4. The van der Waals surface area contributed by atoms with Crippen molar-refractivity contribution in [3.63, 3.8) is 0 Å². The van der Waals surface area contributed by atoms with Crippen LogP contribution in [0.3, 0.4) is 0 Å². The van der Waals surface area contributed by atoms with E-state index in [0.29, 0.717) is 0 Å². The third kappa shape index (κ3) is 4.07. The molecule has 0 N–H and O–H groups in total. The molecule has 0 unspecified atom stereocenters. The van der Waals surface area contributed by atoms with Crippen LogP contribution in [-0.4, -0.2) is 26.2 Å². The van der Waals surface area contributed by atoms with Gasteiger partial charge in [0.25, 0.3) is 0 Å². The lowest BCUT2D eigenvalue weighted by Gasteiger charge is -2.16. The molecule has 0 fully saturated rings. The first-order valence-corrected chi connectivity index (χ1v) is 7.50. The number of hydrogen-bond donors (Lipinski definition) is 0. The topological polar surface area (TPSA) is 71.2 Å². The summed E-state index contributed by atoms with van der Waals surface area (Å²) in [5.41, 5.74) is -0.877. The van der Waals surface area contributed by atoms with Crippen molar-refractivity contribution < 1.29 is 27.0 Å². The minimum absolute atomic E-state index is 0.0359. The minimum Gasteiger partial charge on any atom is -0.486 e. The standard InChI is InChI=1S/C16H12F4N4O3/c1-23-15(25)24(22-21-23)12-6-4-8-13(27-16(18,19)20)10(12)9-26-14-7-3-2-5-11(14)17/h2-8H,9H2,1H3. The molecule has 0 saturated heterocycles. The average Bonchev–Trinajstić information content (AvgIpc) is 2.93. The Morgan fingerprint density at radius 1 is 1.04 bits per heavy atom. The SMILES string of the molecule is Cn1nnn(-c2cccc(OC(F)(F)F)c2COc2ccccc2F)c1=O. The van der Waals surface area contributed by atoms with Gasteiger partial charge in [-0.25, -0.2) is 9.18 Å². The van der Waals surface area contributed by atoms with Gasteiger partial charge in [0.15, 0.2) is 11.6 Å². The van der Waals surface area contributed by atoms with Crippen LogP contribution in [0.1, 0.15) is 5.56 Å². The number of alkyl halides is 3. The summed E-state index contributed by atoms with van der Waals surface area (Å²) in [6.07, 6.45) is -4.97. The number of halogens is 4. The summed E-state index contributed by atoms with van der Waals surface area (Å²) in [4.78, 5) is 12.1. The zero-order valence-corrected chi connectivity index (χ0v) is 13.8. The smallest absolute Gasteiger partial charge is 0.486 e. The molecule has 3 aromatic rings. The molecule has 0 atom stereocenters. The predicted octanol–water partition coefficient (Wildman–Crippen LogP) is 2.58. The second-order valence-corrected chi connectivity index (χ2v) is 5.32. The Balaban J connectivity index is 2.05. The predicted molar refractivity (Wildman–Crippen MR) is 84.0 cm³/mol. The highest BCUT2D eigenvalue weighted by Gasteiger charge is 2.33. The molecule has 0 spiro atoms. The molecule has 0 bridgehead atoms. The fourth-order valence-corrected chi connectivity index (χ4v) is 2.29. The zero-order valence-electron chi connectivity index (χ0n) is 13.8. The average molecular weight is 384 g/mol. The van der Waals surface area contributed by atoms with Crippen molar-refractivity contribution in [2.75, 3.05) is 0 Å². The van der Waals surface area contributed by atoms with E-state index in [4.69, 9.17) is 4.74 Å². The molecule has 7 nitrogen and oxygen atoms in total. The van der Waals surface area contributed by atoms with Crippen molar-refractivity contribution >= 4 is 0 Å². The number of aromatic nitrogens is 4. The van der Waals surface area contributed by atoms with E-state index >= 15 is 0 Å². The van der Waals surface area contributed by atoms with E-state index < -0.39 is 30.2 Å². The highest BCUT2D eigenvalue weighted by molar-refractivity contribution is 5.49. The van der Waals surface area contributed by atoms with Crippen LogP contribution < -0.4 is 15.2 Å². The molecule has 1 heterocycles. The van der Waals surface area contributed by atoms with Crippen molar-refractivity contribution in [3.05, 3.63) is 64.3 Å². The van der Waals surface area contributed by atoms with Crippen molar-refractivity contribution in [2.24, 2.45) is 7.05 Å². The third-order valence-electron chi connectivity index (χ3n) is 3.49. The van der Waals surface area contributed by atoms with E-state index in [2.05, 4.69) is 15.2 Å². The summed E-state index contributed by atoms with van der Waals surface area (Å²) in [6.45, 7) is -0.508. The van der Waals surface area contributed by atoms with Gasteiger partial charge in [-0.3, -0.25) is 0 Å². The fourth-order valence-electron chi connectivity index (χ4n) is 2.29. The Kier molecular flexibility index (Phi) is 4.84. The number of hydrogen-bond acceptors (Lipinski definition) is 5. The second-order valence-electron chi connectivity index (χ2n) is 5.32. The van der Waals surface area contributed by atoms with Crippen LogP contribution in [0, 0.1) is 5.82 Å². The number of tetrazole rings is 1. The summed E-state index contributed by atoms with van der Waals surface area (Å²) in [5.74, 6) is -1.46. The van der Waals surface area contributed by atoms with Gasteiger partial charge in [-0.05, 0) is 34.7 Å². The first-order chi connectivity index (χ1) is 12.8. The van der Waals surface area contributed by atoms with E-state index in [1.165, 1.54) is 37.4 Å². The largest absolute Gasteiger partial charge is 0.573 e. The van der Waals surface area contributed by atoms with Crippen molar-refractivity contribution in [3.8, 4) is 17.2 Å². The van der Waals surface area contributed by atoms with Crippen LogP contribution in [0.4, 0.5) is 17.6 Å². The van der Waals surface area contributed by atoms with Gasteiger partial charge in [-0.2, -0.15) is 9.36 Å². The third-order valence-corrected chi connectivity index (χ3v) is 3.49. The summed E-state index contributed by atoms with van der Waals surface area (Å²) in [6, 6.07) is 9.05. The molecule has 0 saturated carbocycles. The minimum atomic E-state index is -4.97. The van der Waals surface area contributed by atoms with E-state index in [0.717, 1.165) is 21.5 Å².